The van der Waals surface area contributed by atoms with E-state index in [1.54, 1.807) is 45.0 Å². The van der Waals surface area contributed by atoms with Crippen LogP contribution in [0.25, 0.3) is 0 Å². The Balaban J connectivity index is 2.56. The minimum absolute atomic E-state index is 0.112. The summed E-state index contributed by atoms with van der Waals surface area (Å²) in [6.45, 7) is 5.41. The van der Waals surface area contributed by atoms with Gasteiger partial charge in [0.1, 0.15) is 11.0 Å². The fourth-order valence-electron chi connectivity index (χ4n) is 2.65. The number of carbonyl (C=O) groups is 1. The number of rotatable bonds is 3. The predicted molar refractivity (Wildman–Crippen MR) is 91.2 cm³/mol. The average molecular weight is 335 g/mol. The number of benzene rings is 1. The Labute approximate surface area is 137 Å². The molecule has 1 fully saturated rings. The van der Waals surface area contributed by atoms with Gasteiger partial charge in [-0.2, -0.15) is 5.26 Å². The highest BCUT2D eigenvalue weighted by Crippen LogP contribution is 2.64. The van der Waals surface area contributed by atoms with E-state index in [2.05, 4.69) is 4.99 Å². The first-order valence-electron chi connectivity index (χ1n) is 7.29. The molecule has 1 aromatic rings. The molecule has 2 rings (SSSR count). The highest BCUT2D eigenvalue weighted by molar-refractivity contribution is 8.24. The first-order valence-corrected chi connectivity index (χ1v) is 8.86. The molecule has 1 atom stereocenters. The van der Waals surface area contributed by atoms with Crippen LogP contribution in [-0.2, 0) is 4.79 Å². The van der Waals surface area contributed by atoms with Crippen LogP contribution >= 0.6 is 10.8 Å². The highest BCUT2D eigenvalue weighted by Gasteiger charge is 2.54. The van der Waals surface area contributed by atoms with E-state index in [0.717, 1.165) is 4.31 Å². The quantitative estimate of drug-likeness (QED) is 0.827. The normalized spacial score (nSPS) is 23.8. The van der Waals surface area contributed by atoms with E-state index < -0.39 is 27.5 Å². The molecule has 0 aliphatic carbocycles. The minimum Gasteiger partial charge on any atom is -0.281 e. The maximum absolute atomic E-state index is 12.8. The molecule has 1 saturated heterocycles. The van der Waals surface area contributed by atoms with Crippen molar-refractivity contribution in [3.05, 3.63) is 35.9 Å². The zero-order chi connectivity index (χ0) is 17.3. The average Bonchev–Trinajstić information content (AvgIpc) is 2.65. The van der Waals surface area contributed by atoms with Crippen LogP contribution in [0.3, 0.4) is 0 Å². The largest absolute Gasteiger partial charge is 0.288 e. The van der Waals surface area contributed by atoms with Crippen LogP contribution in [0.15, 0.2) is 35.3 Å². The third-order valence-corrected chi connectivity index (χ3v) is 5.83. The summed E-state index contributed by atoms with van der Waals surface area (Å²) in [7, 11) is -3.40. The summed E-state index contributed by atoms with van der Waals surface area (Å²) in [5.74, 6) is -0.482. The summed E-state index contributed by atoms with van der Waals surface area (Å²) in [6, 6.07) is 10.8. The number of amides is 1. The fourth-order valence-corrected chi connectivity index (χ4v) is 5.00. The van der Waals surface area contributed by atoms with Crippen molar-refractivity contribution in [3.63, 3.8) is 0 Å². The molecule has 1 amide bonds. The maximum Gasteiger partial charge on any atom is 0.288 e. The summed E-state index contributed by atoms with van der Waals surface area (Å²) in [5.41, 5.74) is -0.0141. The van der Waals surface area contributed by atoms with Crippen LogP contribution < -0.4 is 0 Å². The second kappa shape index (κ2) is 6.32. The van der Waals surface area contributed by atoms with E-state index in [1.165, 1.54) is 0 Å². The highest BCUT2D eigenvalue weighted by atomic mass is 32.3. The van der Waals surface area contributed by atoms with Crippen molar-refractivity contribution in [2.45, 2.75) is 38.0 Å². The Kier molecular flexibility index (Phi) is 4.80. The van der Waals surface area contributed by atoms with E-state index in [-0.39, 0.29) is 18.7 Å². The molecule has 1 aromatic carbocycles. The maximum atomic E-state index is 12.8. The first-order chi connectivity index (χ1) is 10.7. The lowest BCUT2D eigenvalue weighted by atomic mass is 10.1. The van der Waals surface area contributed by atoms with Gasteiger partial charge in [0, 0.05) is 0 Å². The van der Waals surface area contributed by atoms with Gasteiger partial charge in [-0.3, -0.25) is 18.9 Å². The van der Waals surface area contributed by atoms with Gasteiger partial charge in [0.25, 0.3) is 5.91 Å². The lowest BCUT2D eigenvalue weighted by Gasteiger charge is -2.46. The Morgan fingerprint density at radius 2 is 1.91 bits per heavy atom. The molecular formula is C16H21N3O3S. The molecule has 23 heavy (non-hydrogen) atoms. The number of nitrogens with zero attached hydrogens (tertiary/aromatic N) is 3. The minimum atomic E-state index is -3.40. The second-order valence-corrected chi connectivity index (χ2v) is 8.26. The van der Waals surface area contributed by atoms with Gasteiger partial charge in [-0.25, -0.2) is 4.31 Å². The van der Waals surface area contributed by atoms with Crippen LogP contribution in [0.4, 0.5) is 0 Å². The van der Waals surface area contributed by atoms with Crippen LogP contribution in [0.1, 0.15) is 38.0 Å². The van der Waals surface area contributed by atoms with Crippen molar-refractivity contribution >= 4 is 22.4 Å². The van der Waals surface area contributed by atoms with Crippen LogP contribution in [-0.4, -0.2) is 37.1 Å². The van der Waals surface area contributed by atoms with E-state index in [1.807, 2.05) is 12.1 Å². The van der Waals surface area contributed by atoms with Gasteiger partial charge in [-0.15, -0.1) is 10.8 Å². The number of carbonyl (C=O) groups excluding carboxylic acids is 1. The number of hydrogen-bond donors (Lipinski definition) is 2. The summed E-state index contributed by atoms with van der Waals surface area (Å²) >= 11 is 0. The Morgan fingerprint density at radius 3 is 2.43 bits per heavy atom. The van der Waals surface area contributed by atoms with E-state index in [0.29, 0.717) is 5.56 Å². The topological polar surface area (TPSA) is 96.9 Å². The molecular weight excluding hydrogens is 314 g/mol. The molecule has 0 aromatic heterocycles. The standard InChI is InChI=1S/C16H21N3O3S/c1-16(2,3)19-15(20)13(18-11-7-10-17)14(23(19,21)22)12-8-5-4-6-9-12/h4-6,8-9,14,21-22H,7,11H2,1-3H3. The zero-order valence-electron chi connectivity index (χ0n) is 13.4. The van der Waals surface area contributed by atoms with Gasteiger partial charge >= 0.3 is 0 Å². The molecule has 0 saturated carbocycles. The third-order valence-electron chi connectivity index (χ3n) is 3.45. The number of nitriles is 1. The summed E-state index contributed by atoms with van der Waals surface area (Å²) in [4.78, 5) is 17.0. The molecule has 124 valence electrons. The van der Waals surface area contributed by atoms with Crippen molar-refractivity contribution < 1.29 is 13.9 Å². The lowest BCUT2D eigenvalue weighted by molar-refractivity contribution is -0.122. The summed E-state index contributed by atoms with van der Waals surface area (Å²) < 4.78 is 22.7. The van der Waals surface area contributed by atoms with Crippen LogP contribution in [0.2, 0.25) is 0 Å². The zero-order valence-corrected chi connectivity index (χ0v) is 14.2. The Hall–Kier alpha value is -1.88. The van der Waals surface area contributed by atoms with Gasteiger partial charge < -0.3 is 0 Å². The summed E-state index contributed by atoms with van der Waals surface area (Å²) in [5, 5.41) is 7.77. The Bertz CT molecular complexity index is 659. The number of aliphatic imine (C=N–C) groups is 1. The second-order valence-electron chi connectivity index (χ2n) is 6.30. The Morgan fingerprint density at radius 1 is 1.30 bits per heavy atom. The fraction of sp³-hybridized carbons (Fsp3) is 0.438. The SMILES string of the molecule is CC(C)(C)N1C(=O)C(=NCCC#N)C(c2ccccc2)S1(O)O. The van der Waals surface area contributed by atoms with Crippen molar-refractivity contribution in [2.24, 2.45) is 4.99 Å². The van der Waals surface area contributed by atoms with Crippen LogP contribution in [0, 0.1) is 11.3 Å². The van der Waals surface area contributed by atoms with E-state index in [4.69, 9.17) is 5.26 Å². The predicted octanol–water partition coefficient (Wildman–Crippen LogP) is 3.39. The van der Waals surface area contributed by atoms with Crippen molar-refractivity contribution in [2.75, 3.05) is 6.54 Å². The van der Waals surface area contributed by atoms with Crippen LogP contribution in [0.5, 0.6) is 0 Å². The molecule has 0 radical (unpaired) electrons. The molecule has 1 unspecified atom stereocenters. The lowest BCUT2D eigenvalue weighted by Crippen LogP contribution is -2.43. The van der Waals surface area contributed by atoms with Gasteiger partial charge in [0.15, 0.2) is 0 Å². The molecule has 1 heterocycles. The monoisotopic (exact) mass is 335 g/mol. The van der Waals surface area contributed by atoms with Gasteiger partial charge in [0.05, 0.1) is 24.6 Å². The van der Waals surface area contributed by atoms with Crippen molar-refractivity contribution in [1.82, 2.24) is 4.31 Å². The van der Waals surface area contributed by atoms with Crippen molar-refractivity contribution in [3.8, 4) is 6.07 Å². The first kappa shape index (κ1) is 17.5. The van der Waals surface area contributed by atoms with Crippen molar-refractivity contribution in [1.29, 1.82) is 5.26 Å². The third kappa shape index (κ3) is 3.24. The molecule has 1 aliphatic heterocycles. The smallest absolute Gasteiger partial charge is 0.281 e. The molecule has 2 N–H and O–H groups in total. The van der Waals surface area contributed by atoms with Gasteiger partial charge in [-0.05, 0) is 26.3 Å². The van der Waals surface area contributed by atoms with Gasteiger partial charge in [0.2, 0.25) is 0 Å². The van der Waals surface area contributed by atoms with E-state index >= 15 is 0 Å². The van der Waals surface area contributed by atoms with E-state index in [9.17, 15) is 13.9 Å². The molecule has 1 aliphatic rings. The number of hydrogen-bond acceptors (Lipinski definition) is 5. The van der Waals surface area contributed by atoms with Gasteiger partial charge in [-0.1, -0.05) is 30.3 Å². The molecule has 0 bridgehead atoms. The summed E-state index contributed by atoms with van der Waals surface area (Å²) in [6.07, 6.45) is 0.174. The molecule has 6 nitrogen and oxygen atoms in total. The molecule has 0 spiro atoms. The molecule has 7 heteroatoms.